The molecule has 0 bridgehead atoms. The topological polar surface area (TPSA) is 15.7 Å². The molecule has 0 aromatic heterocycles. The summed E-state index contributed by atoms with van der Waals surface area (Å²) in [6.07, 6.45) is 0.935. The fourth-order valence-electron chi connectivity index (χ4n) is 3.53. The van der Waals surface area contributed by atoms with Crippen molar-refractivity contribution in [2.75, 3.05) is 45.3 Å². The van der Waals surface area contributed by atoms with E-state index in [0.717, 1.165) is 38.3 Å². The van der Waals surface area contributed by atoms with Gasteiger partial charge in [0.25, 0.3) is 0 Å². The lowest BCUT2D eigenvalue weighted by molar-refractivity contribution is 0.122. The van der Waals surface area contributed by atoms with Gasteiger partial charge < -0.3 is 9.64 Å². The summed E-state index contributed by atoms with van der Waals surface area (Å²) in [5.74, 6) is 0. The summed E-state index contributed by atoms with van der Waals surface area (Å²) in [5.41, 5.74) is 4.81. The summed E-state index contributed by atoms with van der Waals surface area (Å²) in [4.78, 5) is 4.66. The van der Waals surface area contributed by atoms with Crippen LogP contribution in [0.3, 0.4) is 0 Å². The first-order chi connectivity index (χ1) is 12.5. The van der Waals surface area contributed by atoms with E-state index in [9.17, 15) is 0 Å². The van der Waals surface area contributed by atoms with Crippen LogP contribution in [0.1, 0.15) is 18.1 Å². The molecule has 1 unspecified atom stereocenters. The number of rotatable bonds is 6. The molecule has 0 spiro atoms. The van der Waals surface area contributed by atoms with Crippen molar-refractivity contribution in [3.8, 4) is 0 Å². The standard InChI is InChI=1S/C23H30N2O/c1-19(23(2,24(3)4)18-20-8-6-5-7-9-20)21-10-12-22(13-11-21)25-14-16-26-17-15-25/h5-13H,1,14-18H2,2-4H3. The SMILES string of the molecule is C=C(c1ccc(N2CCOCC2)cc1)C(C)(Cc1ccccc1)N(C)C. The maximum atomic E-state index is 5.45. The van der Waals surface area contributed by atoms with Crippen LogP contribution < -0.4 is 4.90 Å². The van der Waals surface area contributed by atoms with E-state index in [-0.39, 0.29) is 5.54 Å². The third-order valence-corrected chi connectivity index (χ3v) is 5.62. The van der Waals surface area contributed by atoms with Crippen molar-refractivity contribution in [1.82, 2.24) is 4.90 Å². The minimum Gasteiger partial charge on any atom is -0.378 e. The van der Waals surface area contributed by atoms with E-state index >= 15 is 0 Å². The predicted molar refractivity (Wildman–Crippen MR) is 111 cm³/mol. The van der Waals surface area contributed by atoms with E-state index in [4.69, 9.17) is 4.74 Å². The molecule has 3 nitrogen and oxygen atoms in total. The van der Waals surface area contributed by atoms with Crippen molar-refractivity contribution in [1.29, 1.82) is 0 Å². The van der Waals surface area contributed by atoms with Gasteiger partial charge in [0.15, 0.2) is 0 Å². The Bertz CT molecular complexity index is 718. The molecule has 0 aliphatic carbocycles. The molecule has 1 aliphatic rings. The molecule has 0 N–H and O–H groups in total. The lowest BCUT2D eigenvalue weighted by atomic mass is 9.81. The highest BCUT2D eigenvalue weighted by Crippen LogP contribution is 2.33. The van der Waals surface area contributed by atoms with Crippen molar-refractivity contribution in [3.63, 3.8) is 0 Å². The molecule has 1 aliphatic heterocycles. The van der Waals surface area contributed by atoms with E-state index in [2.05, 4.69) is 92.0 Å². The third-order valence-electron chi connectivity index (χ3n) is 5.62. The van der Waals surface area contributed by atoms with Gasteiger partial charge in [0, 0.05) is 24.3 Å². The number of anilines is 1. The van der Waals surface area contributed by atoms with Gasteiger partial charge in [-0.15, -0.1) is 0 Å². The Labute approximate surface area is 157 Å². The Morgan fingerprint density at radius 1 is 1.04 bits per heavy atom. The van der Waals surface area contributed by atoms with Crippen LogP contribution in [-0.4, -0.2) is 50.8 Å². The van der Waals surface area contributed by atoms with Crippen molar-refractivity contribution in [3.05, 3.63) is 72.3 Å². The van der Waals surface area contributed by atoms with Crippen LogP contribution in [0, 0.1) is 0 Å². The van der Waals surface area contributed by atoms with E-state index < -0.39 is 0 Å². The maximum Gasteiger partial charge on any atom is 0.0642 e. The van der Waals surface area contributed by atoms with Gasteiger partial charge in [-0.2, -0.15) is 0 Å². The van der Waals surface area contributed by atoms with Gasteiger partial charge in [0.2, 0.25) is 0 Å². The molecule has 2 aromatic rings. The molecule has 1 heterocycles. The Morgan fingerprint density at radius 3 is 2.23 bits per heavy atom. The molecule has 0 radical (unpaired) electrons. The number of nitrogens with zero attached hydrogens (tertiary/aromatic N) is 2. The Morgan fingerprint density at radius 2 is 1.65 bits per heavy atom. The molecule has 26 heavy (non-hydrogen) atoms. The molecular formula is C23H30N2O. The monoisotopic (exact) mass is 350 g/mol. The number of benzene rings is 2. The van der Waals surface area contributed by atoms with E-state index in [1.807, 2.05) is 0 Å². The summed E-state index contributed by atoms with van der Waals surface area (Å²) < 4.78 is 5.45. The van der Waals surface area contributed by atoms with Crippen LogP contribution in [0.5, 0.6) is 0 Å². The lowest BCUT2D eigenvalue weighted by Crippen LogP contribution is -2.44. The highest BCUT2D eigenvalue weighted by Gasteiger charge is 2.31. The number of ether oxygens (including phenoxy) is 1. The summed E-state index contributed by atoms with van der Waals surface area (Å²) in [7, 11) is 4.27. The van der Waals surface area contributed by atoms with E-state index in [0.29, 0.717) is 0 Å². The van der Waals surface area contributed by atoms with E-state index in [1.165, 1.54) is 16.8 Å². The van der Waals surface area contributed by atoms with Crippen LogP contribution >= 0.6 is 0 Å². The smallest absolute Gasteiger partial charge is 0.0642 e. The fraction of sp³-hybridized carbons (Fsp3) is 0.391. The molecule has 1 fully saturated rings. The van der Waals surface area contributed by atoms with Crippen molar-refractivity contribution in [2.24, 2.45) is 0 Å². The highest BCUT2D eigenvalue weighted by atomic mass is 16.5. The zero-order valence-electron chi connectivity index (χ0n) is 16.2. The Kier molecular flexibility index (Phi) is 5.80. The molecule has 1 atom stereocenters. The van der Waals surface area contributed by atoms with Gasteiger partial charge in [-0.1, -0.05) is 49.0 Å². The minimum absolute atomic E-state index is 0.137. The number of hydrogen-bond donors (Lipinski definition) is 0. The zero-order chi connectivity index (χ0) is 18.6. The van der Waals surface area contributed by atoms with Crippen LogP contribution in [0.25, 0.3) is 5.57 Å². The summed E-state index contributed by atoms with van der Waals surface area (Å²) >= 11 is 0. The Hall–Kier alpha value is -2.10. The number of likely N-dealkylation sites (N-methyl/N-ethyl adjacent to an activating group) is 1. The van der Waals surface area contributed by atoms with Crippen LogP contribution in [0.2, 0.25) is 0 Å². The Balaban J connectivity index is 1.80. The minimum atomic E-state index is -0.137. The van der Waals surface area contributed by atoms with Crippen molar-refractivity contribution < 1.29 is 4.74 Å². The fourth-order valence-corrected chi connectivity index (χ4v) is 3.53. The largest absolute Gasteiger partial charge is 0.378 e. The van der Waals surface area contributed by atoms with Gasteiger partial charge >= 0.3 is 0 Å². The average Bonchev–Trinajstić information content (AvgIpc) is 2.69. The lowest BCUT2D eigenvalue weighted by Gasteiger charge is -2.39. The van der Waals surface area contributed by atoms with Gasteiger partial charge in [-0.25, -0.2) is 0 Å². The first kappa shape index (κ1) is 18.7. The molecule has 3 heteroatoms. The van der Waals surface area contributed by atoms with Gasteiger partial charge in [-0.3, -0.25) is 4.90 Å². The zero-order valence-corrected chi connectivity index (χ0v) is 16.2. The average molecular weight is 351 g/mol. The first-order valence-corrected chi connectivity index (χ1v) is 9.34. The molecule has 0 amide bonds. The predicted octanol–water partition coefficient (Wildman–Crippen LogP) is 4.10. The summed E-state index contributed by atoms with van der Waals surface area (Å²) in [6, 6.07) is 19.5. The summed E-state index contributed by atoms with van der Waals surface area (Å²) in [6.45, 7) is 10.3. The molecule has 1 saturated heterocycles. The second kappa shape index (κ2) is 8.07. The molecule has 0 saturated carbocycles. The van der Waals surface area contributed by atoms with E-state index in [1.54, 1.807) is 0 Å². The van der Waals surface area contributed by atoms with Gasteiger partial charge in [0.1, 0.15) is 0 Å². The second-order valence-electron chi connectivity index (χ2n) is 7.46. The van der Waals surface area contributed by atoms with Gasteiger partial charge in [-0.05, 0) is 56.3 Å². The molecule has 2 aromatic carbocycles. The van der Waals surface area contributed by atoms with Crippen LogP contribution in [-0.2, 0) is 11.2 Å². The summed E-state index contributed by atoms with van der Waals surface area (Å²) in [5, 5.41) is 0. The first-order valence-electron chi connectivity index (χ1n) is 9.34. The quantitative estimate of drug-likeness (QED) is 0.780. The molecule has 138 valence electrons. The van der Waals surface area contributed by atoms with Gasteiger partial charge in [0.05, 0.1) is 13.2 Å². The number of hydrogen-bond acceptors (Lipinski definition) is 3. The third kappa shape index (κ3) is 4.00. The maximum absolute atomic E-state index is 5.45. The molecule has 3 rings (SSSR count). The highest BCUT2D eigenvalue weighted by molar-refractivity contribution is 5.72. The number of morpholine rings is 1. The van der Waals surface area contributed by atoms with Crippen LogP contribution in [0.4, 0.5) is 5.69 Å². The molecular weight excluding hydrogens is 320 g/mol. The normalized spacial score (nSPS) is 17.2. The van der Waals surface area contributed by atoms with Crippen molar-refractivity contribution in [2.45, 2.75) is 18.9 Å². The van der Waals surface area contributed by atoms with Crippen LogP contribution in [0.15, 0.2) is 61.2 Å². The van der Waals surface area contributed by atoms with Crippen molar-refractivity contribution >= 4 is 11.3 Å². The second-order valence-corrected chi connectivity index (χ2v) is 7.46.